The van der Waals surface area contributed by atoms with Crippen LogP contribution in [0.2, 0.25) is 0 Å². The Morgan fingerprint density at radius 3 is 2.55 bits per heavy atom. The van der Waals surface area contributed by atoms with E-state index in [0.717, 1.165) is 16.1 Å². The van der Waals surface area contributed by atoms with Gasteiger partial charge >= 0.3 is 0 Å². The molecule has 1 aliphatic heterocycles. The summed E-state index contributed by atoms with van der Waals surface area (Å²) in [7, 11) is 0. The van der Waals surface area contributed by atoms with Crippen LogP contribution in [-0.4, -0.2) is 34.8 Å². The topological polar surface area (TPSA) is 62.3 Å². The molecule has 5 rings (SSSR count). The second-order valence-corrected chi connectivity index (χ2v) is 9.44. The summed E-state index contributed by atoms with van der Waals surface area (Å²) in [4.78, 5) is 32.4. The minimum atomic E-state index is -0.0968. The molecule has 0 saturated carbocycles. The number of likely N-dealkylation sites (tertiary alicyclic amines) is 1. The molecule has 5 nitrogen and oxygen atoms in total. The Kier molecular flexibility index (Phi) is 5.53. The summed E-state index contributed by atoms with van der Waals surface area (Å²) in [5, 5.41) is 9.84. The number of fused-ring (bicyclic) bond motifs is 1. The van der Waals surface area contributed by atoms with Crippen LogP contribution in [0.15, 0.2) is 65.4 Å². The average molecular weight is 448 g/mol. The summed E-state index contributed by atoms with van der Waals surface area (Å²) >= 11 is 2.90. The number of anilines is 1. The molecule has 31 heavy (non-hydrogen) atoms. The summed E-state index contributed by atoms with van der Waals surface area (Å²) in [6.07, 6.45) is 1.34. The van der Waals surface area contributed by atoms with Crippen molar-refractivity contribution in [3.8, 4) is 11.3 Å². The van der Waals surface area contributed by atoms with Crippen molar-refractivity contribution in [1.29, 1.82) is 0 Å². The predicted molar refractivity (Wildman–Crippen MR) is 127 cm³/mol. The lowest BCUT2D eigenvalue weighted by Crippen LogP contribution is -2.41. The maximum absolute atomic E-state index is 12.7. The Labute approximate surface area is 188 Å². The highest BCUT2D eigenvalue weighted by molar-refractivity contribution is 7.14. The van der Waals surface area contributed by atoms with E-state index in [1.54, 1.807) is 0 Å². The third-order valence-electron chi connectivity index (χ3n) is 5.66. The number of carbonyl (C=O) groups excluding carboxylic acids is 2. The van der Waals surface area contributed by atoms with E-state index >= 15 is 0 Å². The van der Waals surface area contributed by atoms with Gasteiger partial charge < -0.3 is 10.2 Å². The van der Waals surface area contributed by atoms with E-state index in [-0.39, 0.29) is 17.7 Å². The van der Waals surface area contributed by atoms with Crippen molar-refractivity contribution in [2.24, 2.45) is 5.92 Å². The highest BCUT2D eigenvalue weighted by Crippen LogP contribution is 2.29. The zero-order chi connectivity index (χ0) is 21.2. The predicted octanol–water partition coefficient (Wildman–Crippen LogP) is 5.52. The Hall–Kier alpha value is -3.03. The van der Waals surface area contributed by atoms with Gasteiger partial charge in [0.05, 0.1) is 10.6 Å². The number of carbonyl (C=O) groups is 2. The zero-order valence-electron chi connectivity index (χ0n) is 16.8. The summed E-state index contributed by atoms with van der Waals surface area (Å²) in [6, 6.07) is 18.2. The number of hydrogen-bond donors (Lipinski definition) is 1. The molecule has 4 aromatic rings. The zero-order valence-corrected chi connectivity index (χ0v) is 18.4. The van der Waals surface area contributed by atoms with Gasteiger partial charge in [-0.15, -0.1) is 22.7 Å². The molecule has 0 radical (unpaired) electrons. The van der Waals surface area contributed by atoms with Gasteiger partial charge in [-0.1, -0.05) is 42.5 Å². The van der Waals surface area contributed by atoms with Crippen LogP contribution in [0.4, 0.5) is 5.13 Å². The molecule has 156 valence electrons. The number of aromatic nitrogens is 1. The summed E-state index contributed by atoms with van der Waals surface area (Å²) in [5.74, 6) is -0.0446. The standard InChI is InChI=1S/C24H21N3O2S2/c28-22(17-9-11-27(12-10-17)23(29)21-6-3-13-30-21)26-24-25-20(15-31-24)19-8-7-16-4-1-2-5-18(16)14-19/h1-8,13-15,17H,9-12H2,(H,25,26,28). The van der Waals surface area contributed by atoms with E-state index in [4.69, 9.17) is 0 Å². The van der Waals surface area contributed by atoms with Crippen LogP contribution in [0.3, 0.4) is 0 Å². The molecule has 7 heteroatoms. The molecule has 0 atom stereocenters. The van der Waals surface area contributed by atoms with Gasteiger partial charge in [0.2, 0.25) is 5.91 Å². The molecule has 0 unspecified atom stereocenters. The Bertz CT molecular complexity index is 1220. The number of hydrogen-bond acceptors (Lipinski definition) is 5. The molecule has 0 bridgehead atoms. The largest absolute Gasteiger partial charge is 0.338 e. The van der Waals surface area contributed by atoms with Gasteiger partial charge in [0, 0.05) is 30.0 Å². The first-order chi connectivity index (χ1) is 15.2. The van der Waals surface area contributed by atoms with Crippen molar-refractivity contribution >= 4 is 50.4 Å². The monoisotopic (exact) mass is 447 g/mol. The molecule has 1 saturated heterocycles. The number of thiazole rings is 1. The fourth-order valence-electron chi connectivity index (χ4n) is 3.92. The van der Waals surface area contributed by atoms with Crippen molar-refractivity contribution in [3.63, 3.8) is 0 Å². The minimum absolute atomic E-state index is 0.0114. The maximum atomic E-state index is 12.7. The molecular weight excluding hydrogens is 426 g/mol. The molecule has 3 heterocycles. The number of thiophene rings is 1. The van der Waals surface area contributed by atoms with Gasteiger partial charge in [-0.25, -0.2) is 4.98 Å². The number of benzene rings is 2. The third-order valence-corrected chi connectivity index (χ3v) is 7.28. The molecule has 1 fully saturated rings. The van der Waals surface area contributed by atoms with Crippen LogP contribution < -0.4 is 5.32 Å². The molecule has 2 aromatic heterocycles. The second kappa shape index (κ2) is 8.61. The van der Waals surface area contributed by atoms with Gasteiger partial charge in [-0.3, -0.25) is 9.59 Å². The first-order valence-corrected chi connectivity index (χ1v) is 12.0. The van der Waals surface area contributed by atoms with E-state index < -0.39 is 0 Å². The van der Waals surface area contributed by atoms with Crippen molar-refractivity contribution in [2.45, 2.75) is 12.8 Å². The number of piperidine rings is 1. The SMILES string of the molecule is O=C(Nc1nc(-c2ccc3ccccc3c2)cs1)C1CCN(C(=O)c2cccs2)CC1. The highest BCUT2D eigenvalue weighted by Gasteiger charge is 2.28. The van der Waals surface area contributed by atoms with E-state index in [1.807, 2.05) is 39.9 Å². The van der Waals surface area contributed by atoms with Crippen LogP contribution >= 0.6 is 22.7 Å². The van der Waals surface area contributed by atoms with Crippen LogP contribution in [-0.2, 0) is 4.79 Å². The maximum Gasteiger partial charge on any atom is 0.263 e. The molecule has 2 aromatic carbocycles. The fourth-order valence-corrected chi connectivity index (χ4v) is 5.33. The first-order valence-electron chi connectivity index (χ1n) is 10.3. The van der Waals surface area contributed by atoms with Gasteiger partial charge in [-0.2, -0.15) is 0 Å². The molecule has 1 N–H and O–H groups in total. The van der Waals surface area contributed by atoms with E-state index in [1.165, 1.54) is 33.4 Å². The molecule has 1 aliphatic rings. The molecule has 2 amide bonds. The Morgan fingerprint density at radius 2 is 1.77 bits per heavy atom. The van der Waals surface area contributed by atoms with Gasteiger partial charge in [0.15, 0.2) is 5.13 Å². The average Bonchev–Trinajstić information content (AvgIpc) is 3.51. The lowest BCUT2D eigenvalue weighted by molar-refractivity contribution is -0.121. The van der Waals surface area contributed by atoms with Gasteiger partial charge in [0.25, 0.3) is 5.91 Å². The molecular formula is C24H21N3O2S2. The summed E-state index contributed by atoms with van der Waals surface area (Å²) in [5.41, 5.74) is 1.90. The lowest BCUT2D eigenvalue weighted by atomic mass is 9.96. The van der Waals surface area contributed by atoms with Crippen molar-refractivity contribution < 1.29 is 9.59 Å². The number of nitrogens with zero attached hydrogens (tertiary/aromatic N) is 2. The Balaban J connectivity index is 1.20. The van der Waals surface area contributed by atoms with E-state index in [0.29, 0.717) is 31.1 Å². The van der Waals surface area contributed by atoms with Gasteiger partial charge in [-0.05, 0) is 41.1 Å². The van der Waals surface area contributed by atoms with Gasteiger partial charge in [0.1, 0.15) is 0 Å². The van der Waals surface area contributed by atoms with Crippen molar-refractivity contribution in [3.05, 3.63) is 70.2 Å². The van der Waals surface area contributed by atoms with Crippen LogP contribution in [0.1, 0.15) is 22.5 Å². The fraction of sp³-hybridized carbons (Fsp3) is 0.208. The van der Waals surface area contributed by atoms with E-state index in [2.05, 4.69) is 40.6 Å². The lowest BCUT2D eigenvalue weighted by Gasteiger charge is -2.30. The Morgan fingerprint density at radius 1 is 0.968 bits per heavy atom. The van der Waals surface area contributed by atoms with Crippen LogP contribution in [0.25, 0.3) is 22.0 Å². The summed E-state index contributed by atoms with van der Waals surface area (Å²) < 4.78 is 0. The smallest absolute Gasteiger partial charge is 0.263 e. The summed E-state index contributed by atoms with van der Waals surface area (Å²) in [6.45, 7) is 1.21. The van der Waals surface area contributed by atoms with Crippen molar-refractivity contribution in [1.82, 2.24) is 9.88 Å². The quantitative estimate of drug-likeness (QED) is 0.448. The minimum Gasteiger partial charge on any atom is -0.338 e. The normalized spacial score (nSPS) is 14.6. The molecule has 0 spiro atoms. The highest BCUT2D eigenvalue weighted by atomic mass is 32.1. The number of rotatable bonds is 4. The second-order valence-electron chi connectivity index (χ2n) is 7.63. The number of nitrogens with one attached hydrogen (secondary N) is 1. The first kappa shape index (κ1) is 19.9. The van der Waals surface area contributed by atoms with Crippen molar-refractivity contribution in [2.75, 3.05) is 18.4 Å². The van der Waals surface area contributed by atoms with Crippen LogP contribution in [0, 0.1) is 5.92 Å². The number of amides is 2. The molecule has 0 aliphatic carbocycles. The third kappa shape index (κ3) is 4.24. The van der Waals surface area contributed by atoms with Crippen LogP contribution in [0.5, 0.6) is 0 Å². The van der Waals surface area contributed by atoms with E-state index in [9.17, 15) is 9.59 Å².